The minimum Gasteiger partial charge on any atom is -0.326 e. The number of rotatable bonds is 6. The van der Waals surface area contributed by atoms with Gasteiger partial charge >= 0.3 is 0 Å². The number of halogens is 2. The Morgan fingerprint density at radius 3 is 2.44 bits per heavy atom. The first kappa shape index (κ1) is 19.4. The lowest BCUT2D eigenvalue weighted by atomic mass is 10.0. The number of hydrogen-bond acceptors (Lipinski definition) is 3. The molecule has 2 N–H and O–H groups in total. The van der Waals surface area contributed by atoms with Gasteiger partial charge in [-0.2, -0.15) is 0 Å². The van der Waals surface area contributed by atoms with Crippen LogP contribution in [0.25, 0.3) is 0 Å². The van der Waals surface area contributed by atoms with Gasteiger partial charge in [0.15, 0.2) is 0 Å². The van der Waals surface area contributed by atoms with E-state index in [2.05, 4.69) is 10.0 Å². The quantitative estimate of drug-likeness (QED) is 0.801. The largest absolute Gasteiger partial charge is 0.326 e. The van der Waals surface area contributed by atoms with Gasteiger partial charge in [0.1, 0.15) is 5.82 Å². The van der Waals surface area contributed by atoms with Crippen molar-refractivity contribution in [2.24, 2.45) is 0 Å². The molecule has 0 aliphatic carbocycles. The van der Waals surface area contributed by atoms with Crippen LogP contribution in [0.3, 0.4) is 0 Å². The van der Waals surface area contributed by atoms with Crippen molar-refractivity contribution >= 4 is 33.2 Å². The van der Waals surface area contributed by atoms with Crippen LogP contribution in [0.1, 0.15) is 23.6 Å². The van der Waals surface area contributed by atoms with Crippen molar-refractivity contribution in [1.82, 2.24) is 4.72 Å². The van der Waals surface area contributed by atoms with Crippen LogP contribution in [0.2, 0.25) is 5.02 Å². The Labute approximate surface area is 151 Å². The van der Waals surface area contributed by atoms with E-state index in [0.29, 0.717) is 21.8 Å². The number of nitrogens with one attached hydrogen (secondary N) is 2. The lowest BCUT2D eigenvalue weighted by molar-refractivity contribution is -0.116. The number of anilines is 1. The van der Waals surface area contributed by atoms with Gasteiger partial charge in [0.25, 0.3) is 0 Å². The molecule has 25 heavy (non-hydrogen) atoms. The zero-order valence-corrected chi connectivity index (χ0v) is 15.3. The SMILES string of the molecule is Cc1c(Cl)cccc1NC(=O)CC(NS(C)(=O)=O)c1ccc(F)cc1. The van der Waals surface area contributed by atoms with E-state index in [-0.39, 0.29) is 6.42 Å². The van der Waals surface area contributed by atoms with E-state index in [4.69, 9.17) is 11.6 Å². The standard InChI is InChI=1S/C17H18ClFN2O3S/c1-11-14(18)4-3-5-15(11)20-17(22)10-16(21-25(2,23)24)12-6-8-13(19)9-7-12/h3-9,16,21H,10H2,1-2H3,(H,20,22). The second-order valence-electron chi connectivity index (χ2n) is 5.66. The Morgan fingerprint density at radius 1 is 1.20 bits per heavy atom. The maximum absolute atomic E-state index is 13.1. The molecule has 1 unspecified atom stereocenters. The van der Waals surface area contributed by atoms with Crippen molar-refractivity contribution in [2.75, 3.05) is 11.6 Å². The normalized spacial score (nSPS) is 12.6. The van der Waals surface area contributed by atoms with E-state index in [1.807, 2.05) is 0 Å². The Hall–Kier alpha value is -1.96. The topological polar surface area (TPSA) is 75.3 Å². The molecule has 2 rings (SSSR count). The molecule has 0 spiro atoms. The van der Waals surface area contributed by atoms with E-state index < -0.39 is 27.8 Å². The van der Waals surface area contributed by atoms with Crippen molar-refractivity contribution in [1.29, 1.82) is 0 Å². The van der Waals surface area contributed by atoms with E-state index >= 15 is 0 Å². The molecular weight excluding hydrogens is 367 g/mol. The Kier molecular flexibility index (Phi) is 6.16. The van der Waals surface area contributed by atoms with Gasteiger partial charge in [-0.15, -0.1) is 0 Å². The van der Waals surface area contributed by atoms with Crippen LogP contribution in [-0.2, 0) is 14.8 Å². The molecule has 2 aromatic carbocycles. The zero-order valence-electron chi connectivity index (χ0n) is 13.7. The summed E-state index contributed by atoms with van der Waals surface area (Å²) in [6, 6.07) is 9.62. The van der Waals surface area contributed by atoms with Gasteiger partial charge in [-0.1, -0.05) is 29.8 Å². The predicted octanol–water partition coefficient (Wildman–Crippen LogP) is 3.41. The molecule has 5 nitrogen and oxygen atoms in total. The highest BCUT2D eigenvalue weighted by atomic mass is 35.5. The van der Waals surface area contributed by atoms with Crippen LogP contribution >= 0.6 is 11.6 Å². The molecule has 0 aromatic heterocycles. The molecule has 0 saturated carbocycles. The van der Waals surface area contributed by atoms with Crippen molar-refractivity contribution in [2.45, 2.75) is 19.4 Å². The molecule has 134 valence electrons. The van der Waals surface area contributed by atoms with Gasteiger partial charge in [-0.05, 0) is 42.3 Å². The summed E-state index contributed by atoms with van der Waals surface area (Å²) in [5, 5.41) is 3.23. The summed E-state index contributed by atoms with van der Waals surface area (Å²) >= 11 is 6.02. The molecule has 0 radical (unpaired) electrons. The van der Waals surface area contributed by atoms with Gasteiger partial charge in [-0.3, -0.25) is 4.79 Å². The molecule has 0 aliphatic heterocycles. The molecular formula is C17H18ClFN2O3S. The summed E-state index contributed by atoms with van der Waals surface area (Å²) in [5.41, 5.74) is 1.76. The monoisotopic (exact) mass is 384 g/mol. The second kappa shape index (κ2) is 7.95. The Balaban J connectivity index is 2.19. The van der Waals surface area contributed by atoms with E-state index in [9.17, 15) is 17.6 Å². The number of carbonyl (C=O) groups excluding carboxylic acids is 1. The van der Waals surface area contributed by atoms with Crippen molar-refractivity contribution < 1.29 is 17.6 Å². The molecule has 0 fully saturated rings. The van der Waals surface area contributed by atoms with Crippen LogP contribution < -0.4 is 10.0 Å². The molecule has 0 bridgehead atoms. The van der Waals surface area contributed by atoms with Gasteiger partial charge in [0.05, 0.1) is 12.3 Å². The smallest absolute Gasteiger partial charge is 0.226 e. The first-order valence-electron chi connectivity index (χ1n) is 7.43. The number of benzene rings is 2. The van der Waals surface area contributed by atoms with Crippen molar-refractivity contribution in [3.8, 4) is 0 Å². The summed E-state index contributed by atoms with van der Waals surface area (Å²) in [6.07, 6.45) is 0.854. The van der Waals surface area contributed by atoms with Gasteiger partial charge < -0.3 is 5.32 Å². The molecule has 0 aliphatic rings. The maximum Gasteiger partial charge on any atom is 0.226 e. The highest BCUT2D eigenvalue weighted by Gasteiger charge is 2.20. The van der Waals surface area contributed by atoms with Gasteiger partial charge in [0.2, 0.25) is 15.9 Å². The first-order valence-corrected chi connectivity index (χ1v) is 9.70. The third kappa shape index (κ3) is 5.81. The van der Waals surface area contributed by atoms with E-state index in [0.717, 1.165) is 6.26 Å². The van der Waals surface area contributed by atoms with Crippen LogP contribution in [0, 0.1) is 12.7 Å². The molecule has 0 heterocycles. The number of hydrogen-bond donors (Lipinski definition) is 2. The summed E-state index contributed by atoms with van der Waals surface area (Å²) in [7, 11) is -3.56. The van der Waals surface area contributed by atoms with Gasteiger partial charge in [0, 0.05) is 17.1 Å². The average molecular weight is 385 g/mol. The van der Waals surface area contributed by atoms with Crippen LogP contribution in [0.5, 0.6) is 0 Å². The predicted molar refractivity (Wildman–Crippen MR) is 96.6 cm³/mol. The lowest BCUT2D eigenvalue weighted by Gasteiger charge is -2.18. The number of amides is 1. The van der Waals surface area contributed by atoms with Crippen molar-refractivity contribution in [3.63, 3.8) is 0 Å². The average Bonchev–Trinajstić information content (AvgIpc) is 2.50. The maximum atomic E-state index is 13.1. The van der Waals surface area contributed by atoms with E-state index in [1.54, 1.807) is 25.1 Å². The second-order valence-corrected chi connectivity index (χ2v) is 7.85. The third-order valence-corrected chi connectivity index (χ3v) is 4.68. The highest BCUT2D eigenvalue weighted by molar-refractivity contribution is 7.88. The summed E-state index contributed by atoms with van der Waals surface area (Å²) < 4.78 is 38.7. The molecule has 1 amide bonds. The minimum atomic E-state index is -3.56. The minimum absolute atomic E-state index is 0.148. The van der Waals surface area contributed by atoms with E-state index in [1.165, 1.54) is 24.3 Å². The number of sulfonamides is 1. The van der Waals surface area contributed by atoms with Crippen molar-refractivity contribution in [3.05, 3.63) is 64.4 Å². The number of carbonyl (C=O) groups is 1. The fourth-order valence-electron chi connectivity index (χ4n) is 2.31. The van der Waals surface area contributed by atoms with Crippen LogP contribution in [0.4, 0.5) is 10.1 Å². The fraction of sp³-hybridized carbons (Fsp3) is 0.235. The summed E-state index contributed by atoms with van der Waals surface area (Å²) in [4.78, 5) is 12.3. The third-order valence-electron chi connectivity index (χ3n) is 3.56. The Bertz CT molecular complexity index is 870. The molecule has 2 aromatic rings. The summed E-state index contributed by atoms with van der Waals surface area (Å²) in [6.45, 7) is 1.77. The van der Waals surface area contributed by atoms with Crippen LogP contribution in [0.15, 0.2) is 42.5 Å². The highest BCUT2D eigenvalue weighted by Crippen LogP contribution is 2.24. The first-order chi connectivity index (χ1) is 11.7. The summed E-state index contributed by atoms with van der Waals surface area (Å²) in [5.74, 6) is -0.836. The lowest BCUT2D eigenvalue weighted by Crippen LogP contribution is -2.30. The molecule has 0 saturated heterocycles. The van der Waals surface area contributed by atoms with Crippen LogP contribution in [-0.4, -0.2) is 20.6 Å². The van der Waals surface area contributed by atoms with Gasteiger partial charge in [-0.25, -0.2) is 17.5 Å². The molecule has 1 atom stereocenters. The Morgan fingerprint density at radius 2 is 1.84 bits per heavy atom. The fourth-order valence-corrected chi connectivity index (χ4v) is 3.22. The zero-order chi connectivity index (χ0) is 18.6. The molecule has 8 heteroatoms.